The fourth-order valence-corrected chi connectivity index (χ4v) is 7.31. The lowest BCUT2D eigenvalue weighted by atomic mass is 10.1. The molecule has 2 aliphatic heterocycles. The van der Waals surface area contributed by atoms with Crippen molar-refractivity contribution < 1.29 is 14.3 Å². The summed E-state index contributed by atoms with van der Waals surface area (Å²) in [6.07, 6.45) is 3.47. The summed E-state index contributed by atoms with van der Waals surface area (Å²) in [6, 6.07) is 16.8. The van der Waals surface area contributed by atoms with Gasteiger partial charge in [-0.15, -0.1) is 0 Å². The van der Waals surface area contributed by atoms with Crippen molar-refractivity contribution in [1.82, 2.24) is 39.2 Å². The second kappa shape index (κ2) is 12.3. The minimum Gasteiger partial charge on any atom is -0.494 e. The molecule has 6 aromatic rings. The van der Waals surface area contributed by atoms with Crippen molar-refractivity contribution >= 4 is 51.2 Å². The molecule has 14 heteroatoms. The van der Waals surface area contributed by atoms with E-state index in [0.29, 0.717) is 59.4 Å². The molecule has 1 N–H and O–H groups in total. The number of carbonyl (C=O) groups is 1. The Morgan fingerprint density at radius 2 is 1.86 bits per heavy atom. The first-order valence-electron chi connectivity index (χ1n) is 16.1. The maximum absolute atomic E-state index is 14.4. The van der Waals surface area contributed by atoms with Gasteiger partial charge < -0.3 is 29.2 Å². The third-order valence-electron chi connectivity index (χ3n) is 9.48. The smallest absolute Gasteiger partial charge is 0.245 e. The number of imidazole rings is 1. The number of ether oxygens (including phenoxy) is 2. The molecule has 2 aromatic carbocycles. The number of methoxy groups -OCH3 is 2. The SMILES string of the molecule is COc1ccc(Cl)cc1-n1ncc2c(N3C[C@@H]4C[C@H]3C(=O)N(C)CC(OC)Cn3c(C)nc5cccc(c53)-c3cccc(n3)N4)ncnc21. The number of anilines is 2. The highest BCUT2D eigenvalue weighted by molar-refractivity contribution is 6.30. The van der Waals surface area contributed by atoms with Gasteiger partial charge in [0.2, 0.25) is 5.91 Å². The Labute approximate surface area is 287 Å². The third kappa shape index (κ3) is 5.39. The van der Waals surface area contributed by atoms with Crippen LogP contribution < -0.4 is 15.0 Å². The van der Waals surface area contributed by atoms with Crippen molar-refractivity contribution in [3.05, 3.63) is 78.0 Å². The predicted octanol–water partition coefficient (Wildman–Crippen LogP) is 4.74. The van der Waals surface area contributed by atoms with Crippen LogP contribution in [-0.2, 0) is 16.1 Å². The number of halogens is 1. The van der Waals surface area contributed by atoms with Crippen LogP contribution in [-0.4, -0.2) is 97.6 Å². The summed E-state index contributed by atoms with van der Waals surface area (Å²) in [6.45, 7) is 3.40. The largest absolute Gasteiger partial charge is 0.494 e. The number of benzene rings is 2. The quantitative estimate of drug-likeness (QED) is 0.279. The van der Waals surface area contributed by atoms with Crippen molar-refractivity contribution in [3.63, 3.8) is 0 Å². The maximum atomic E-state index is 14.4. The molecule has 6 heterocycles. The van der Waals surface area contributed by atoms with E-state index >= 15 is 0 Å². The van der Waals surface area contributed by atoms with E-state index in [4.69, 9.17) is 36.0 Å². The van der Waals surface area contributed by atoms with Gasteiger partial charge >= 0.3 is 0 Å². The van der Waals surface area contributed by atoms with Crippen LogP contribution in [0.3, 0.4) is 0 Å². The first kappa shape index (κ1) is 31.0. The van der Waals surface area contributed by atoms with Crippen molar-refractivity contribution in [2.75, 3.05) is 44.6 Å². The zero-order chi connectivity index (χ0) is 33.8. The zero-order valence-corrected chi connectivity index (χ0v) is 28.3. The highest BCUT2D eigenvalue weighted by Crippen LogP contribution is 2.35. The van der Waals surface area contributed by atoms with Gasteiger partial charge in [0.1, 0.15) is 41.3 Å². The van der Waals surface area contributed by atoms with Crippen LogP contribution in [0.2, 0.25) is 5.02 Å². The summed E-state index contributed by atoms with van der Waals surface area (Å²) < 4.78 is 15.5. The molecule has 1 fully saturated rings. The molecule has 0 radical (unpaired) electrons. The molecule has 0 saturated carbocycles. The summed E-state index contributed by atoms with van der Waals surface area (Å²) in [4.78, 5) is 37.5. The average Bonchev–Trinajstić information content (AvgIpc) is 3.82. The Morgan fingerprint density at radius 1 is 1.00 bits per heavy atom. The summed E-state index contributed by atoms with van der Waals surface area (Å²) in [5.41, 5.74) is 4.92. The Morgan fingerprint density at radius 3 is 2.69 bits per heavy atom. The highest BCUT2D eigenvalue weighted by Gasteiger charge is 2.41. The molecule has 0 spiro atoms. The van der Waals surface area contributed by atoms with Gasteiger partial charge in [-0.3, -0.25) is 4.79 Å². The standard InChI is InChI=1S/C35H35ClN10O3/c1-20-40-27-9-5-7-24-26-8-6-10-31(42-26)41-22-14-29(35(47)43(2)17-23(48-3)18-44(20)32(24)27)45(16-22)33-25-15-39-46(34(25)38-19-37-33)28-13-21(36)11-12-30(28)49-4/h5-13,15,19,22-23,29H,14,16-18H2,1-4H3,(H,41,42)/t22-,23?,29-/m0/s1. The fraction of sp³-hybridized carbons (Fsp3) is 0.314. The molecule has 250 valence electrons. The number of fused-ring (bicyclic) bond motifs is 6. The van der Waals surface area contributed by atoms with Crippen LogP contribution in [0.4, 0.5) is 11.6 Å². The number of hydrogen-bond acceptors (Lipinski definition) is 10. The topological polar surface area (TPSA) is 128 Å². The number of pyridine rings is 1. The number of hydrogen-bond donors (Lipinski definition) is 1. The number of amides is 1. The van der Waals surface area contributed by atoms with Gasteiger partial charge in [-0.05, 0) is 49.7 Å². The summed E-state index contributed by atoms with van der Waals surface area (Å²) in [7, 11) is 5.11. The number of nitrogens with one attached hydrogen (secondary N) is 1. The first-order chi connectivity index (χ1) is 23.8. The number of aromatic nitrogens is 7. The number of likely N-dealkylation sites (N-methyl/N-ethyl adjacent to an activating group) is 1. The molecule has 8 rings (SSSR count). The van der Waals surface area contributed by atoms with Crippen LogP contribution in [0.15, 0.2) is 67.1 Å². The van der Waals surface area contributed by atoms with Crippen LogP contribution in [0.5, 0.6) is 5.75 Å². The molecule has 49 heavy (non-hydrogen) atoms. The van der Waals surface area contributed by atoms with Crippen molar-refractivity contribution in [2.45, 2.75) is 38.1 Å². The van der Waals surface area contributed by atoms with E-state index in [1.54, 1.807) is 48.2 Å². The number of aryl methyl sites for hydroxylation is 1. The van der Waals surface area contributed by atoms with Gasteiger partial charge in [0.25, 0.3) is 0 Å². The average molecular weight is 679 g/mol. The lowest BCUT2D eigenvalue weighted by Crippen LogP contribution is -2.47. The Hall–Kier alpha value is -5.27. The van der Waals surface area contributed by atoms with Crippen LogP contribution in [0.1, 0.15) is 12.2 Å². The number of para-hydroxylation sites is 1. The lowest BCUT2D eigenvalue weighted by Gasteiger charge is -2.30. The maximum Gasteiger partial charge on any atom is 0.245 e. The van der Waals surface area contributed by atoms with Gasteiger partial charge in [0, 0.05) is 43.9 Å². The molecule has 3 atom stereocenters. The van der Waals surface area contributed by atoms with E-state index in [2.05, 4.69) is 30.9 Å². The molecule has 1 unspecified atom stereocenters. The van der Waals surface area contributed by atoms with Gasteiger partial charge in [0.05, 0.1) is 48.1 Å². The Bertz CT molecular complexity index is 2220. The van der Waals surface area contributed by atoms with E-state index in [1.165, 1.54) is 6.33 Å². The zero-order valence-electron chi connectivity index (χ0n) is 27.5. The van der Waals surface area contributed by atoms with E-state index in [9.17, 15) is 4.79 Å². The molecule has 1 saturated heterocycles. The molecule has 13 nitrogen and oxygen atoms in total. The molecular formula is C35H35ClN10O3. The monoisotopic (exact) mass is 678 g/mol. The molecule has 1 amide bonds. The Balaban J connectivity index is 1.22. The second-order valence-electron chi connectivity index (χ2n) is 12.5. The molecular weight excluding hydrogens is 644 g/mol. The first-order valence-corrected chi connectivity index (χ1v) is 16.5. The molecule has 4 aromatic heterocycles. The molecule has 4 bridgehead atoms. The Kier molecular flexibility index (Phi) is 7.80. The van der Waals surface area contributed by atoms with E-state index < -0.39 is 6.04 Å². The highest BCUT2D eigenvalue weighted by atomic mass is 35.5. The second-order valence-corrected chi connectivity index (χ2v) is 12.9. The van der Waals surface area contributed by atoms with Crippen LogP contribution in [0.25, 0.3) is 39.0 Å². The summed E-state index contributed by atoms with van der Waals surface area (Å²) in [5, 5.41) is 9.54. The van der Waals surface area contributed by atoms with Crippen molar-refractivity contribution in [1.29, 1.82) is 0 Å². The third-order valence-corrected chi connectivity index (χ3v) is 9.71. The van der Waals surface area contributed by atoms with Gasteiger partial charge in [-0.2, -0.15) is 5.10 Å². The van der Waals surface area contributed by atoms with E-state index in [-0.39, 0.29) is 18.1 Å². The van der Waals surface area contributed by atoms with Gasteiger partial charge in [0.15, 0.2) is 5.65 Å². The van der Waals surface area contributed by atoms with Gasteiger partial charge in [-0.1, -0.05) is 29.8 Å². The van der Waals surface area contributed by atoms with Crippen LogP contribution in [0, 0.1) is 6.92 Å². The van der Waals surface area contributed by atoms with E-state index in [1.807, 2.05) is 44.3 Å². The number of rotatable bonds is 4. The minimum absolute atomic E-state index is 0.0357. The number of carbonyl (C=O) groups excluding carboxylic acids is 1. The van der Waals surface area contributed by atoms with Crippen molar-refractivity contribution in [2.24, 2.45) is 0 Å². The minimum atomic E-state index is -0.519. The van der Waals surface area contributed by atoms with Crippen molar-refractivity contribution in [3.8, 4) is 22.7 Å². The van der Waals surface area contributed by atoms with Crippen LogP contribution >= 0.6 is 11.6 Å². The summed E-state index contributed by atoms with van der Waals surface area (Å²) >= 11 is 6.36. The normalized spacial score (nSPS) is 19.6. The van der Waals surface area contributed by atoms with Gasteiger partial charge in [-0.25, -0.2) is 24.6 Å². The summed E-state index contributed by atoms with van der Waals surface area (Å²) in [5.74, 6) is 2.77. The molecule has 0 aliphatic carbocycles. The fourth-order valence-electron chi connectivity index (χ4n) is 7.14. The predicted molar refractivity (Wildman–Crippen MR) is 188 cm³/mol. The number of nitrogens with zero attached hydrogens (tertiary/aromatic N) is 9. The molecule has 2 aliphatic rings. The van der Waals surface area contributed by atoms with E-state index in [0.717, 1.165) is 33.9 Å². The lowest BCUT2D eigenvalue weighted by molar-refractivity contribution is -0.132.